The van der Waals surface area contributed by atoms with E-state index in [1.165, 1.54) is 26.1 Å². The molecule has 3 N–H and O–H groups in total. The van der Waals surface area contributed by atoms with Gasteiger partial charge in [0.15, 0.2) is 5.16 Å². The van der Waals surface area contributed by atoms with Crippen molar-refractivity contribution in [3.05, 3.63) is 32.4 Å². The van der Waals surface area contributed by atoms with E-state index in [2.05, 4.69) is 29.3 Å². The van der Waals surface area contributed by atoms with Crippen molar-refractivity contribution in [2.45, 2.75) is 30.3 Å². The van der Waals surface area contributed by atoms with E-state index in [9.17, 15) is 4.79 Å². The van der Waals surface area contributed by atoms with Crippen LogP contribution in [0.4, 0.5) is 0 Å². The zero-order valence-corrected chi connectivity index (χ0v) is 12.1. The summed E-state index contributed by atoms with van der Waals surface area (Å²) in [6.07, 6.45) is 0. The summed E-state index contributed by atoms with van der Waals surface area (Å²) in [5.74, 6) is 0. The van der Waals surface area contributed by atoms with Gasteiger partial charge in [-0.25, -0.2) is 9.89 Å². The van der Waals surface area contributed by atoms with E-state index in [0.29, 0.717) is 5.16 Å². The largest absolute Gasteiger partial charge is 0.343 e. The Kier molecular flexibility index (Phi) is 3.94. The minimum atomic E-state index is -0.205. The van der Waals surface area contributed by atoms with Crippen LogP contribution < -0.4 is 11.4 Å². The number of aryl methyl sites for hydroxylation is 1. The lowest BCUT2D eigenvalue weighted by Gasteiger charge is -2.17. The van der Waals surface area contributed by atoms with Gasteiger partial charge in [0.1, 0.15) is 0 Å². The molecule has 0 aliphatic carbocycles. The molecular weight excluding hydrogens is 268 g/mol. The molecule has 0 saturated heterocycles. The first-order chi connectivity index (χ1) is 8.49. The second-order valence-electron chi connectivity index (χ2n) is 4.22. The van der Waals surface area contributed by atoms with Gasteiger partial charge >= 0.3 is 5.69 Å². The van der Waals surface area contributed by atoms with Crippen LogP contribution in [0.15, 0.2) is 22.1 Å². The predicted molar refractivity (Wildman–Crippen MR) is 75.1 cm³/mol. The van der Waals surface area contributed by atoms with Crippen LogP contribution in [-0.2, 0) is 7.05 Å². The number of nitrogens with two attached hydrogens (primary N) is 1. The van der Waals surface area contributed by atoms with E-state index in [1.54, 1.807) is 18.4 Å². The molecule has 5 nitrogen and oxygen atoms in total. The number of nitrogens with zero attached hydrogens (tertiary/aromatic N) is 2. The van der Waals surface area contributed by atoms with E-state index in [1.807, 2.05) is 6.92 Å². The van der Waals surface area contributed by atoms with Crippen LogP contribution in [0.5, 0.6) is 0 Å². The van der Waals surface area contributed by atoms with E-state index in [-0.39, 0.29) is 17.0 Å². The summed E-state index contributed by atoms with van der Waals surface area (Å²) in [6.45, 7) is 4.04. The lowest BCUT2D eigenvalue weighted by molar-refractivity contribution is 0.713. The second-order valence-corrected chi connectivity index (χ2v) is 6.64. The molecule has 2 unspecified atom stereocenters. The van der Waals surface area contributed by atoms with Gasteiger partial charge < -0.3 is 5.73 Å². The molecule has 0 aliphatic rings. The highest BCUT2D eigenvalue weighted by Gasteiger charge is 2.22. The third-order valence-electron chi connectivity index (χ3n) is 2.59. The molecule has 0 aromatic carbocycles. The van der Waals surface area contributed by atoms with Crippen molar-refractivity contribution in [1.82, 2.24) is 14.8 Å². The van der Waals surface area contributed by atoms with Crippen LogP contribution in [0, 0.1) is 6.92 Å². The maximum absolute atomic E-state index is 11.3. The number of H-pyrrole nitrogens is 1. The summed E-state index contributed by atoms with van der Waals surface area (Å²) in [4.78, 5) is 13.8. The fourth-order valence-electron chi connectivity index (χ4n) is 1.58. The molecular formula is C11H16N4OS2. The Morgan fingerprint density at radius 3 is 2.72 bits per heavy atom. The molecule has 0 aliphatic heterocycles. The maximum Gasteiger partial charge on any atom is 0.343 e. The third kappa shape index (κ3) is 2.68. The molecule has 2 aromatic heterocycles. The minimum Gasteiger partial charge on any atom is -0.327 e. The van der Waals surface area contributed by atoms with Crippen molar-refractivity contribution in [2.75, 3.05) is 0 Å². The van der Waals surface area contributed by atoms with Crippen molar-refractivity contribution < 1.29 is 0 Å². The van der Waals surface area contributed by atoms with Gasteiger partial charge in [-0.05, 0) is 26.0 Å². The maximum atomic E-state index is 11.3. The first kappa shape index (κ1) is 13.4. The molecule has 0 radical (unpaired) electrons. The molecule has 0 saturated carbocycles. The number of hydrogen-bond acceptors (Lipinski definition) is 5. The monoisotopic (exact) mass is 284 g/mol. The van der Waals surface area contributed by atoms with Crippen LogP contribution in [0.1, 0.15) is 21.9 Å². The molecule has 0 bridgehead atoms. The number of rotatable bonds is 4. The SMILES string of the molecule is Cc1ccc(C(Sc2n[nH]c(=O)n2C)C(C)N)s1. The van der Waals surface area contributed by atoms with Crippen molar-refractivity contribution >= 4 is 23.1 Å². The zero-order chi connectivity index (χ0) is 13.3. The number of nitrogens with one attached hydrogen (secondary N) is 1. The Morgan fingerprint density at radius 1 is 1.56 bits per heavy atom. The second kappa shape index (κ2) is 5.29. The van der Waals surface area contributed by atoms with E-state index in [0.717, 1.165) is 0 Å². The van der Waals surface area contributed by atoms with Crippen LogP contribution in [0.2, 0.25) is 0 Å². The number of aromatic amines is 1. The lowest BCUT2D eigenvalue weighted by atomic mass is 10.2. The van der Waals surface area contributed by atoms with Gasteiger partial charge in [-0.2, -0.15) is 0 Å². The van der Waals surface area contributed by atoms with Gasteiger partial charge in [-0.3, -0.25) is 4.57 Å². The molecule has 2 atom stereocenters. The Balaban J connectivity index is 2.27. The van der Waals surface area contributed by atoms with Gasteiger partial charge in [-0.1, -0.05) is 11.8 Å². The highest BCUT2D eigenvalue weighted by Crippen LogP contribution is 2.38. The number of thiophene rings is 1. The Bertz CT molecular complexity index is 584. The highest BCUT2D eigenvalue weighted by atomic mass is 32.2. The first-order valence-corrected chi connectivity index (χ1v) is 7.28. The highest BCUT2D eigenvalue weighted by molar-refractivity contribution is 7.99. The van der Waals surface area contributed by atoms with Gasteiger partial charge in [0.2, 0.25) is 0 Å². The summed E-state index contributed by atoms with van der Waals surface area (Å²) in [5, 5.41) is 7.21. The molecule has 98 valence electrons. The summed E-state index contributed by atoms with van der Waals surface area (Å²) < 4.78 is 1.50. The number of hydrogen-bond donors (Lipinski definition) is 2. The van der Waals surface area contributed by atoms with Gasteiger partial charge in [-0.15, -0.1) is 16.4 Å². The van der Waals surface area contributed by atoms with Crippen LogP contribution in [0.3, 0.4) is 0 Å². The summed E-state index contributed by atoms with van der Waals surface area (Å²) in [7, 11) is 1.70. The smallest absolute Gasteiger partial charge is 0.327 e. The molecule has 7 heteroatoms. The number of aromatic nitrogens is 3. The average molecular weight is 284 g/mol. The van der Waals surface area contributed by atoms with Gasteiger partial charge in [0.25, 0.3) is 0 Å². The Labute approximate surface area is 113 Å². The Hall–Kier alpha value is -1.05. The quantitative estimate of drug-likeness (QED) is 0.837. The van der Waals surface area contributed by atoms with Gasteiger partial charge in [0, 0.05) is 22.8 Å². The molecule has 0 fully saturated rings. The fourth-order valence-corrected chi connectivity index (χ4v) is 3.82. The third-order valence-corrected chi connectivity index (χ3v) is 5.34. The van der Waals surface area contributed by atoms with Crippen LogP contribution in [-0.4, -0.2) is 20.8 Å². The molecule has 0 spiro atoms. The standard InChI is InChI=1S/C11H16N4OS2/c1-6-4-5-8(17-6)9(7(2)12)18-11-14-13-10(16)15(11)3/h4-5,7,9H,12H2,1-3H3,(H,13,16). The zero-order valence-electron chi connectivity index (χ0n) is 10.5. The van der Waals surface area contributed by atoms with E-state index in [4.69, 9.17) is 5.73 Å². The Morgan fingerprint density at radius 2 is 2.28 bits per heavy atom. The fraction of sp³-hybridized carbons (Fsp3) is 0.455. The minimum absolute atomic E-state index is 0.0140. The van der Waals surface area contributed by atoms with Gasteiger partial charge in [0.05, 0.1) is 5.25 Å². The molecule has 2 rings (SSSR count). The predicted octanol–water partition coefficient (Wildman–Crippen LogP) is 1.66. The molecule has 0 amide bonds. The van der Waals surface area contributed by atoms with Crippen molar-refractivity contribution in [3.63, 3.8) is 0 Å². The summed E-state index contributed by atoms with van der Waals surface area (Å²) in [5.41, 5.74) is 5.84. The molecule has 2 heterocycles. The molecule has 2 aromatic rings. The van der Waals surface area contributed by atoms with Crippen LogP contribution >= 0.6 is 23.1 Å². The van der Waals surface area contributed by atoms with Crippen molar-refractivity contribution in [2.24, 2.45) is 12.8 Å². The summed E-state index contributed by atoms with van der Waals surface area (Å²) in [6, 6.07) is 4.16. The topological polar surface area (TPSA) is 76.7 Å². The van der Waals surface area contributed by atoms with E-state index < -0.39 is 0 Å². The average Bonchev–Trinajstić information content (AvgIpc) is 2.85. The normalized spacial score (nSPS) is 14.7. The van der Waals surface area contributed by atoms with E-state index >= 15 is 0 Å². The lowest BCUT2D eigenvalue weighted by Crippen LogP contribution is -2.22. The first-order valence-electron chi connectivity index (χ1n) is 5.59. The van der Waals surface area contributed by atoms with Crippen molar-refractivity contribution in [3.8, 4) is 0 Å². The molecule has 18 heavy (non-hydrogen) atoms. The number of thioether (sulfide) groups is 1. The van der Waals surface area contributed by atoms with Crippen LogP contribution in [0.25, 0.3) is 0 Å². The summed E-state index contributed by atoms with van der Waals surface area (Å²) >= 11 is 3.25. The van der Waals surface area contributed by atoms with Crippen molar-refractivity contribution in [1.29, 1.82) is 0 Å².